The third-order valence-corrected chi connectivity index (χ3v) is 3.76. The molecule has 0 aliphatic heterocycles. The topological polar surface area (TPSA) is 58.2 Å². The standard InChI is InChI=1S/C19H19F3N2O2/c1-13(14-7-3-2-4-8-14)11-17(25)24-16-10-6-5-9-15(16)18(26)23-12-19(20,21)22/h2-10,13H,11-12H2,1H3,(H,23,26)(H,24,25). The molecular weight excluding hydrogens is 345 g/mol. The molecule has 0 aliphatic carbocycles. The summed E-state index contributed by atoms with van der Waals surface area (Å²) in [6.45, 7) is 0.468. The van der Waals surface area contributed by atoms with Crippen LogP contribution in [0.1, 0.15) is 35.2 Å². The van der Waals surface area contributed by atoms with Gasteiger partial charge in [0, 0.05) is 6.42 Å². The van der Waals surface area contributed by atoms with Crippen LogP contribution in [0.15, 0.2) is 54.6 Å². The zero-order valence-electron chi connectivity index (χ0n) is 14.1. The van der Waals surface area contributed by atoms with E-state index >= 15 is 0 Å². The van der Waals surface area contributed by atoms with Gasteiger partial charge >= 0.3 is 6.18 Å². The predicted octanol–water partition coefficient (Wildman–Crippen LogP) is 4.11. The van der Waals surface area contributed by atoms with Crippen molar-refractivity contribution in [3.8, 4) is 0 Å². The maximum Gasteiger partial charge on any atom is 0.405 e. The summed E-state index contributed by atoms with van der Waals surface area (Å²) in [5.41, 5.74) is 1.16. The van der Waals surface area contributed by atoms with Gasteiger partial charge in [-0.25, -0.2) is 0 Å². The van der Waals surface area contributed by atoms with E-state index in [9.17, 15) is 22.8 Å². The number of rotatable bonds is 6. The molecule has 2 rings (SSSR count). The molecule has 0 fully saturated rings. The van der Waals surface area contributed by atoms with Gasteiger partial charge in [-0.05, 0) is 23.6 Å². The lowest BCUT2D eigenvalue weighted by atomic mass is 9.97. The maximum absolute atomic E-state index is 12.3. The lowest BCUT2D eigenvalue weighted by molar-refractivity contribution is -0.123. The van der Waals surface area contributed by atoms with Crippen LogP contribution in [0.5, 0.6) is 0 Å². The SMILES string of the molecule is CC(CC(=O)Nc1ccccc1C(=O)NCC(F)(F)F)c1ccccc1. The van der Waals surface area contributed by atoms with Crippen molar-refractivity contribution in [1.29, 1.82) is 0 Å². The molecule has 2 amide bonds. The summed E-state index contributed by atoms with van der Waals surface area (Å²) in [6, 6.07) is 15.4. The fourth-order valence-corrected chi connectivity index (χ4v) is 2.44. The number of hydrogen-bond donors (Lipinski definition) is 2. The highest BCUT2D eigenvalue weighted by Crippen LogP contribution is 2.21. The van der Waals surface area contributed by atoms with Gasteiger partial charge < -0.3 is 10.6 Å². The molecule has 0 aromatic heterocycles. The van der Waals surface area contributed by atoms with Crippen LogP contribution >= 0.6 is 0 Å². The summed E-state index contributed by atoms with van der Waals surface area (Å²) in [6.07, 6.45) is -4.32. The normalized spacial score (nSPS) is 12.3. The number of anilines is 1. The molecule has 0 heterocycles. The van der Waals surface area contributed by atoms with E-state index < -0.39 is 18.6 Å². The number of hydrogen-bond acceptors (Lipinski definition) is 2. The molecule has 138 valence electrons. The summed E-state index contributed by atoms with van der Waals surface area (Å²) in [5.74, 6) is -1.26. The minimum atomic E-state index is -4.50. The zero-order valence-corrected chi connectivity index (χ0v) is 14.1. The van der Waals surface area contributed by atoms with E-state index in [1.54, 1.807) is 11.4 Å². The smallest absolute Gasteiger partial charge is 0.343 e. The molecular formula is C19H19F3N2O2. The van der Waals surface area contributed by atoms with Crippen molar-refractivity contribution in [2.24, 2.45) is 0 Å². The molecule has 0 saturated carbocycles. The number of alkyl halides is 3. The molecule has 7 heteroatoms. The average molecular weight is 364 g/mol. The summed E-state index contributed by atoms with van der Waals surface area (Å²) in [5, 5.41) is 4.41. The van der Waals surface area contributed by atoms with Gasteiger partial charge in [-0.1, -0.05) is 49.4 Å². The first-order valence-electron chi connectivity index (χ1n) is 8.05. The van der Waals surface area contributed by atoms with Crippen LogP contribution in [0.25, 0.3) is 0 Å². The Bertz CT molecular complexity index is 761. The van der Waals surface area contributed by atoms with Crippen molar-refractivity contribution >= 4 is 17.5 Å². The Morgan fingerprint density at radius 2 is 1.62 bits per heavy atom. The van der Waals surface area contributed by atoms with Crippen molar-refractivity contribution < 1.29 is 22.8 Å². The Morgan fingerprint density at radius 1 is 1.00 bits per heavy atom. The summed E-state index contributed by atoms with van der Waals surface area (Å²) in [4.78, 5) is 24.2. The molecule has 1 atom stereocenters. The fraction of sp³-hybridized carbons (Fsp3) is 0.263. The molecule has 2 aromatic carbocycles. The van der Waals surface area contributed by atoms with E-state index in [1.807, 2.05) is 37.3 Å². The second kappa shape index (κ2) is 8.51. The van der Waals surface area contributed by atoms with Crippen LogP contribution < -0.4 is 10.6 Å². The molecule has 26 heavy (non-hydrogen) atoms. The van der Waals surface area contributed by atoms with Crippen LogP contribution in [-0.4, -0.2) is 24.5 Å². The summed E-state index contributed by atoms with van der Waals surface area (Å²) >= 11 is 0. The molecule has 0 saturated heterocycles. The summed E-state index contributed by atoms with van der Waals surface area (Å²) in [7, 11) is 0. The maximum atomic E-state index is 12.3. The van der Waals surface area contributed by atoms with E-state index in [4.69, 9.17) is 0 Å². The van der Waals surface area contributed by atoms with Crippen LogP contribution in [0.3, 0.4) is 0 Å². The van der Waals surface area contributed by atoms with Crippen molar-refractivity contribution in [2.75, 3.05) is 11.9 Å². The van der Waals surface area contributed by atoms with E-state index in [1.165, 1.54) is 18.2 Å². The first-order chi connectivity index (χ1) is 12.3. The highest BCUT2D eigenvalue weighted by atomic mass is 19.4. The Balaban J connectivity index is 2.03. The number of carbonyl (C=O) groups excluding carboxylic acids is 2. The van der Waals surface area contributed by atoms with Crippen LogP contribution in [-0.2, 0) is 4.79 Å². The van der Waals surface area contributed by atoms with Crippen molar-refractivity contribution in [1.82, 2.24) is 5.32 Å². The minimum Gasteiger partial charge on any atom is -0.343 e. The van der Waals surface area contributed by atoms with Crippen molar-refractivity contribution in [3.63, 3.8) is 0 Å². The highest BCUT2D eigenvalue weighted by molar-refractivity contribution is 6.03. The molecule has 2 N–H and O–H groups in total. The molecule has 0 bridgehead atoms. The van der Waals surface area contributed by atoms with Gasteiger partial charge in [0.25, 0.3) is 5.91 Å². The van der Waals surface area contributed by atoms with E-state index in [0.717, 1.165) is 5.56 Å². The van der Waals surface area contributed by atoms with Crippen LogP contribution in [0.2, 0.25) is 0 Å². The Kier molecular flexibility index (Phi) is 6.38. The van der Waals surface area contributed by atoms with Gasteiger partial charge in [0.2, 0.25) is 5.91 Å². The van der Waals surface area contributed by atoms with Crippen LogP contribution in [0, 0.1) is 0 Å². The lowest BCUT2D eigenvalue weighted by Gasteiger charge is -2.14. The number of amides is 2. The number of benzene rings is 2. The molecule has 0 spiro atoms. The van der Waals surface area contributed by atoms with Crippen molar-refractivity contribution in [3.05, 3.63) is 65.7 Å². The van der Waals surface area contributed by atoms with Gasteiger partial charge in [-0.2, -0.15) is 13.2 Å². The monoisotopic (exact) mass is 364 g/mol. The third kappa shape index (κ3) is 5.91. The number of nitrogens with one attached hydrogen (secondary N) is 2. The molecule has 0 aliphatic rings. The second-order valence-electron chi connectivity index (χ2n) is 5.91. The van der Waals surface area contributed by atoms with Gasteiger partial charge in [-0.3, -0.25) is 9.59 Å². The van der Waals surface area contributed by atoms with Gasteiger partial charge in [0.1, 0.15) is 6.54 Å². The van der Waals surface area contributed by atoms with E-state index in [0.29, 0.717) is 0 Å². The lowest BCUT2D eigenvalue weighted by Crippen LogP contribution is -2.34. The zero-order chi connectivity index (χ0) is 19.2. The Morgan fingerprint density at radius 3 is 2.27 bits per heavy atom. The van der Waals surface area contributed by atoms with E-state index in [-0.39, 0.29) is 29.5 Å². The van der Waals surface area contributed by atoms with Crippen LogP contribution in [0.4, 0.5) is 18.9 Å². The molecule has 2 aromatic rings. The summed E-state index contributed by atoms with van der Waals surface area (Å²) < 4.78 is 36.8. The average Bonchev–Trinajstić information content (AvgIpc) is 2.60. The van der Waals surface area contributed by atoms with Gasteiger partial charge in [0.15, 0.2) is 0 Å². The fourth-order valence-electron chi connectivity index (χ4n) is 2.44. The quantitative estimate of drug-likeness (QED) is 0.810. The molecule has 1 unspecified atom stereocenters. The Labute approximate surface area is 149 Å². The number of carbonyl (C=O) groups is 2. The first-order valence-corrected chi connectivity index (χ1v) is 8.05. The van der Waals surface area contributed by atoms with Crippen molar-refractivity contribution in [2.45, 2.75) is 25.4 Å². The van der Waals surface area contributed by atoms with Gasteiger partial charge in [-0.15, -0.1) is 0 Å². The third-order valence-electron chi connectivity index (χ3n) is 3.76. The molecule has 4 nitrogen and oxygen atoms in total. The second-order valence-corrected chi connectivity index (χ2v) is 5.91. The largest absolute Gasteiger partial charge is 0.405 e. The number of halogens is 3. The molecule has 0 radical (unpaired) electrons. The predicted molar refractivity (Wildman–Crippen MR) is 92.9 cm³/mol. The number of para-hydroxylation sites is 1. The minimum absolute atomic E-state index is 0.0162. The highest BCUT2D eigenvalue weighted by Gasteiger charge is 2.28. The van der Waals surface area contributed by atoms with E-state index in [2.05, 4.69) is 5.32 Å². The Hall–Kier alpha value is -2.83. The first kappa shape index (κ1) is 19.5. The van der Waals surface area contributed by atoms with Gasteiger partial charge in [0.05, 0.1) is 11.3 Å².